The molecule has 0 radical (unpaired) electrons. The molecule has 1 unspecified atom stereocenters. The van der Waals surface area contributed by atoms with Crippen molar-refractivity contribution in [2.75, 3.05) is 13.7 Å². The molecule has 0 spiro atoms. The number of benzene rings is 2. The van der Waals surface area contributed by atoms with Gasteiger partial charge in [-0.25, -0.2) is 0 Å². The first-order valence-electron chi connectivity index (χ1n) is 8.43. The number of hydrogen-bond acceptors (Lipinski definition) is 5. The summed E-state index contributed by atoms with van der Waals surface area (Å²) in [6.45, 7) is 0.690. The minimum Gasteiger partial charge on any atom is -0.507 e. The number of carbonyl (C=O) groups excluding carboxylic acids is 1. The van der Waals surface area contributed by atoms with Gasteiger partial charge in [-0.2, -0.15) is 0 Å². The van der Waals surface area contributed by atoms with Crippen molar-refractivity contribution in [1.29, 1.82) is 0 Å². The highest BCUT2D eigenvalue weighted by atomic mass is 16.7. The number of Topliss-reactive ketones (excluding diaryl/α,β-unsaturated/α-hetero) is 1. The molecular formula is C20H22O5. The van der Waals surface area contributed by atoms with Crippen LogP contribution in [0.5, 0.6) is 17.2 Å². The highest BCUT2D eigenvalue weighted by Crippen LogP contribution is 2.27. The quantitative estimate of drug-likeness (QED) is 0.810. The summed E-state index contributed by atoms with van der Waals surface area (Å²) in [6, 6.07) is 12.1. The van der Waals surface area contributed by atoms with Gasteiger partial charge in [0.15, 0.2) is 12.1 Å². The van der Waals surface area contributed by atoms with Gasteiger partial charge >= 0.3 is 0 Å². The van der Waals surface area contributed by atoms with Crippen LogP contribution in [0.4, 0.5) is 0 Å². The Morgan fingerprint density at radius 2 is 1.92 bits per heavy atom. The zero-order valence-corrected chi connectivity index (χ0v) is 14.2. The van der Waals surface area contributed by atoms with Crippen LogP contribution in [0.3, 0.4) is 0 Å². The van der Waals surface area contributed by atoms with Crippen LogP contribution in [-0.2, 0) is 11.2 Å². The predicted octanol–water partition coefficient (Wildman–Crippen LogP) is 3.73. The van der Waals surface area contributed by atoms with Crippen LogP contribution in [-0.4, -0.2) is 30.9 Å². The van der Waals surface area contributed by atoms with Crippen molar-refractivity contribution in [3.05, 3.63) is 53.6 Å². The monoisotopic (exact) mass is 342 g/mol. The number of methoxy groups -OCH3 is 1. The number of rotatable bonds is 6. The molecule has 0 aliphatic carbocycles. The van der Waals surface area contributed by atoms with E-state index in [1.54, 1.807) is 19.2 Å². The molecule has 0 aromatic heterocycles. The minimum absolute atomic E-state index is 0.0770. The minimum atomic E-state index is -0.283. The molecule has 2 aromatic carbocycles. The fourth-order valence-corrected chi connectivity index (χ4v) is 2.80. The van der Waals surface area contributed by atoms with Crippen LogP contribution in [0.2, 0.25) is 0 Å². The van der Waals surface area contributed by atoms with E-state index >= 15 is 0 Å². The standard InChI is InChI=1S/C20H22O5/c1-23-15-7-5-14(6-8-15)12-18(21)17-10-9-16(13-19(17)22)25-20-4-2-3-11-24-20/h5-10,13,20,22H,2-4,11-12H2,1H3. The van der Waals surface area contributed by atoms with E-state index in [0.29, 0.717) is 12.4 Å². The maximum atomic E-state index is 12.4. The maximum Gasteiger partial charge on any atom is 0.199 e. The topological polar surface area (TPSA) is 65.0 Å². The fraction of sp³-hybridized carbons (Fsp3) is 0.350. The molecule has 132 valence electrons. The molecule has 5 heteroatoms. The Morgan fingerprint density at radius 3 is 2.56 bits per heavy atom. The summed E-state index contributed by atoms with van der Waals surface area (Å²) in [6.07, 6.45) is 2.87. The third kappa shape index (κ3) is 4.51. The van der Waals surface area contributed by atoms with Crippen molar-refractivity contribution < 1.29 is 24.1 Å². The molecule has 1 aliphatic heterocycles. The molecule has 1 heterocycles. The summed E-state index contributed by atoms with van der Waals surface area (Å²) >= 11 is 0. The predicted molar refractivity (Wildman–Crippen MR) is 93.4 cm³/mol. The first-order valence-corrected chi connectivity index (χ1v) is 8.43. The van der Waals surface area contributed by atoms with Crippen LogP contribution >= 0.6 is 0 Å². The van der Waals surface area contributed by atoms with Crippen molar-refractivity contribution in [2.24, 2.45) is 0 Å². The van der Waals surface area contributed by atoms with E-state index in [2.05, 4.69) is 0 Å². The van der Waals surface area contributed by atoms with E-state index in [9.17, 15) is 9.90 Å². The SMILES string of the molecule is COc1ccc(CC(=O)c2ccc(OC3CCCCO3)cc2O)cc1. The summed E-state index contributed by atoms with van der Waals surface area (Å²) in [5, 5.41) is 10.2. The molecule has 3 rings (SSSR count). The van der Waals surface area contributed by atoms with E-state index < -0.39 is 0 Å². The smallest absolute Gasteiger partial charge is 0.199 e. The molecule has 0 amide bonds. The lowest BCUT2D eigenvalue weighted by Crippen LogP contribution is -2.24. The Hall–Kier alpha value is -2.53. The first kappa shape index (κ1) is 17.3. The lowest BCUT2D eigenvalue weighted by atomic mass is 10.0. The maximum absolute atomic E-state index is 12.4. The van der Waals surface area contributed by atoms with Crippen LogP contribution in [0.1, 0.15) is 35.2 Å². The van der Waals surface area contributed by atoms with Gasteiger partial charge in [-0.1, -0.05) is 12.1 Å². The Morgan fingerprint density at radius 1 is 1.16 bits per heavy atom. The van der Waals surface area contributed by atoms with E-state index in [1.165, 1.54) is 6.07 Å². The highest BCUT2D eigenvalue weighted by Gasteiger charge is 2.17. The molecule has 1 N–H and O–H groups in total. The third-order valence-corrected chi connectivity index (χ3v) is 4.20. The fourth-order valence-electron chi connectivity index (χ4n) is 2.80. The van der Waals surface area contributed by atoms with Gasteiger partial charge in [-0.3, -0.25) is 4.79 Å². The zero-order valence-electron chi connectivity index (χ0n) is 14.2. The highest BCUT2D eigenvalue weighted by molar-refractivity contribution is 6.00. The number of carbonyl (C=O) groups is 1. The van der Waals surface area contributed by atoms with Crippen molar-refractivity contribution in [3.63, 3.8) is 0 Å². The molecular weight excluding hydrogens is 320 g/mol. The van der Waals surface area contributed by atoms with Gasteiger partial charge in [0.05, 0.1) is 19.3 Å². The normalized spacial score (nSPS) is 17.1. The summed E-state index contributed by atoms with van der Waals surface area (Å²) in [5.74, 6) is 1.02. The average Bonchev–Trinajstić information content (AvgIpc) is 2.63. The molecule has 25 heavy (non-hydrogen) atoms. The van der Waals surface area contributed by atoms with E-state index in [-0.39, 0.29) is 29.8 Å². The third-order valence-electron chi connectivity index (χ3n) is 4.20. The van der Waals surface area contributed by atoms with Crippen molar-refractivity contribution in [1.82, 2.24) is 0 Å². The van der Waals surface area contributed by atoms with Crippen LogP contribution in [0.25, 0.3) is 0 Å². The lowest BCUT2D eigenvalue weighted by Gasteiger charge is -2.23. The van der Waals surface area contributed by atoms with Gasteiger partial charge in [-0.15, -0.1) is 0 Å². The second-order valence-electron chi connectivity index (χ2n) is 6.04. The van der Waals surface area contributed by atoms with Crippen molar-refractivity contribution >= 4 is 5.78 Å². The van der Waals surface area contributed by atoms with E-state index in [0.717, 1.165) is 30.6 Å². The van der Waals surface area contributed by atoms with Gasteiger partial charge in [0.2, 0.25) is 0 Å². The first-order chi connectivity index (χ1) is 12.2. The van der Waals surface area contributed by atoms with Gasteiger partial charge in [0, 0.05) is 18.9 Å². The Balaban J connectivity index is 1.65. The average molecular weight is 342 g/mol. The Labute approximate surface area is 147 Å². The number of ketones is 1. The zero-order chi connectivity index (χ0) is 17.6. The van der Waals surface area contributed by atoms with Crippen LogP contribution < -0.4 is 9.47 Å². The molecule has 5 nitrogen and oxygen atoms in total. The Kier molecular flexibility index (Phi) is 5.56. The summed E-state index contributed by atoms with van der Waals surface area (Å²) in [5.41, 5.74) is 1.15. The Bertz CT molecular complexity index is 717. The number of ether oxygens (including phenoxy) is 3. The number of phenolic OH excluding ortho intramolecular Hbond substituents is 1. The summed E-state index contributed by atoms with van der Waals surface area (Å²) in [7, 11) is 1.60. The molecule has 1 saturated heterocycles. The second-order valence-corrected chi connectivity index (χ2v) is 6.04. The van der Waals surface area contributed by atoms with Crippen molar-refractivity contribution in [3.8, 4) is 17.2 Å². The number of aromatic hydroxyl groups is 1. The molecule has 1 atom stereocenters. The van der Waals surface area contributed by atoms with Gasteiger partial charge in [0.1, 0.15) is 17.2 Å². The molecule has 1 fully saturated rings. The van der Waals surface area contributed by atoms with Crippen LogP contribution in [0.15, 0.2) is 42.5 Å². The van der Waals surface area contributed by atoms with Gasteiger partial charge in [-0.05, 0) is 42.7 Å². The van der Waals surface area contributed by atoms with Crippen molar-refractivity contribution in [2.45, 2.75) is 32.0 Å². The van der Waals surface area contributed by atoms with E-state index in [1.807, 2.05) is 24.3 Å². The molecule has 0 saturated carbocycles. The molecule has 2 aromatic rings. The number of hydrogen-bond donors (Lipinski definition) is 1. The summed E-state index contributed by atoms with van der Waals surface area (Å²) in [4.78, 5) is 12.4. The number of phenols is 1. The largest absolute Gasteiger partial charge is 0.507 e. The summed E-state index contributed by atoms with van der Waals surface area (Å²) < 4.78 is 16.3. The molecule has 0 bridgehead atoms. The molecule has 1 aliphatic rings. The second kappa shape index (κ2) is 8.03. The lowest BCUT2D eigenvalue weighted by molar-refractivity contribution is -0.105. The van der Waals surface area contributed by atoms with E-state index in [4.69, 9.17) is 14.2 Å². The van der Waals surface area contributed by atoms with Gasteiger partial charge in [0.25, 0.3) is 0 Å². The van der Waals surface area contributed by atoms with Crippen LogP contribution in [0, 0.1) is 0 Å². The van der Waals surface area contributed by atoms with Gasteiger partial charge < -0.3 is 19.3 Å².